The Bertz CT molecular complexity index is 937. The van der Waals surface area contributed by atoms with E-state index in [0.29, 0.717) is 6.42 Å². The van der Waals surface area contributed by atoms with Gasteiger partial charge in [-0.2, -0.15) is 0 Å². The van der Waals surface area contributed by atoms with Crippen molar-refractivity contribution in [1.82, 2.24) is 4.90 Å². The van der Waals surface area contributed by atoms with Gasteiger partial charge in [-0.1, -0.05) is 58.0 Å². The van der Waals surface area contributed by atoms with E-state index in [-0.39, 0.29) is 24.0 Å². The van der Waals surface area contributed by atoms with E-state index in [0.717, 1.165) is 37.7 Å². The first-order valence-electron chi connectivity index (χ1n) is 13.7. The number of cyclic esters (lactones) is 1. The van der Waals surface area contributed by atoms with E-state index in [4.69, 9.17) is 14.2 Å². The van der Waals surface area contributed by atoms with Crippen molar-refractivity contribution >= 4 is 12.0 Å². The van der Waals surface area contributed by atoms with Crippen LogP contribution in [0, 0.1) is 11.8 Å². The molecule has 7 heteroatoms. The molecule has 4 rings (SSSR count). The van der Waals surface area contributed by atoms with Crippen molar-refractivity contribution in [3.8, 4) is 0 Å². The lowest BCUT2D eigenvalue weighted by Gasteiger charge is -2.38. The monoisotopic (exact) mass is 501 g/mol. The molecule has 9 atom stereocenters. The number of carbonyl (C=O) groups excluding carboxylic acids is 2. The summed E-state index contributed by atoms with van der Waals surface area (Å²) >= 11 is 0. The number of carbonyl (C=O) groups is 2. The maximum atomic E-state index is 13.8. The Morgan fingerprint density at radius 2 is 1.83 bits per heavy atom. The first kappa shape index (κ1) is 27.1. The Morgan fingerprint density at radius 1 is 1.14 bits per heavy atom. The normalized spacial score (nSPS) is 38.2. The molecule has 3 fully saturated rings. The van der Waals surface area contributed by atoms with Gasteiger partial charge in [0, 0.05) is 0 Å². The van der Waals surface area contributed by atoms with Crippen molar-refractivity contribution in [2.45, 2.75) is 122 Å². The predicted molar refractivity (Wildman–Crippen MR) is 136 cm³/mol. The van der Waals surface area contributed by atoms with E-state index in [2.05, 4.69) is 20.8 Å². The second-order valence-corrected chi connectivity index (χ2v) is 11.1. The van der Waals surface area contributed by atoms with Crippen molar-refractivity contribution in [2.24, 2.45) is 11.8 Å². The lowest BCUT2D eigenvalue weighted by atomic mass is 9.82. The van der Waals surface area contributed by atoms with Crippen LogP contribution in [-0.2, 0) is 19.0 Å². The fraction of sp³-hybridized carbons (Fsp3) is 0.724. The van der Waals surface area contributed by atoms with Gasteiger partial charge in [0.05, 0.1) is 41.5 Å². The summed E-state index contributed by atoms with van der Waals surface area (Å²) in [7, 11) is 0. The molecule has 0 bridgehead atoms. The van der Waals surface area contributed by atoms with E-state index in [9.17, 15) is 14.7 Å². The van der Waals surface area contributed by atoms with Crippen LogP contribution in [0.15, 0.2) is 30.3 Å². The summed E-state index contributed by atoms with van der Waals surface area (Å²) in [5.41, 5.74) is -0.167. The summed E-state index contributed by atoms with van der Waals surface area (Å²) in [6.45, 7) is 11.9. The molecule has 1 N–H and O–H groups in total. The third-order valence-electron chi connectivity index (χ3n) is 9.14. The Kier molecular flexibility index (Phi) is 7.84. The molecule has 7 nitrogen and oxygen atoms in total. The summed E-state index contributed by atoms with van der Waals surface area (Å²) in [5.74, 6) is -0.548. The van der Waals surface area contributed by atoms with Crippen LogP contribution in [0.5, 0.6) is 0 Å². The molecular formula is C29H43NO6. The van der Waals surface area contributed by atoms with Crippen LogP contribution in [0.4, 0.5) is 4.79 Å². The van der Waals surface area contributed by atoms with Gasteiger partial charge in [-0.25, -0.2) is 9.69 Å². The smallest absolute Gasteiger partial charge is 0.417 e. The van der Waals surface area contributed by atoms with Gasteiger partial charge in [0.25, 0.3) is 0 Å². The lowest BCUT2D eigenvalue weighted by Crippen LogP contribution is -2.48. The van der Waals surface area contributed by atoms with Gasteiger partial charge in [0.1, 0.15) is 6.10 Å². The van der Waals surface area contributed by atoms with Gasteiger partial charge in [-0.3, -0.25) is 4.79 Å². The van der Waals surface area contributed by atoms with E-state index in [1.807, 2.05) is 44.2 Å². The highest BCUT2D eigenvalue weighted by molar-refractivity contribution is 5.95. The van der Waals surface area contributed by atoms with Gasteiger partial charge < -0.3 is 19.3 Å². The van der Waals surface area contributed by atoms with E-state index >= 15 is 0 Å². The van der Waals surface area contributed by atoms with Gasteiger partial charge in [-0.15, -0.1) is 0 Å². The third kappa shape index (κ3) is 4.48. The average molecular weight is 502 g/mol. The quantitative estimate of drug-likeness (QED) is 0.513. The van der Waals surface area contributed by atoms with Crippen LogP contribution in [0.1, 0.15) is 91.7 Å². The highest BCUT2D eigenvalue weighted by atomic mass is 16.6. The van der Waals surface area contributed by atoms with Crippen LogP contribution in [0.3, 0.4) is 0 Å². The Labute approximate surface area is 215 Å². The van der Waals surface area contributed by atoms with Crippen molar-refractivity contribution in [1.29, 1.82) is 0 Å². The molecule has 3 aliphatic heterocycles. The fourth-order valence-electron chi connectivity index (χ4n) is 6.82. The minimum atomic E-state index is -0.587. The average Bonchev–Trinajstić information content (AvgIpc) is 3.55. The number of aliphatic hydroxyl groups is 1. The van der Waals surface area contributed by atoms with Crippen molar-refractivity contribution in [3.63, 3.8) is 0 Å². The van der Waals surface area contributed by atoms with Gasteiger partial charge in [-0.05, 0) is 63.9 Å². The summed E-state index contributed by atoms with van der Waals surface area (Å²) in [4.78, 5) is 28.0. The molecular weight excluding hydrogens is 458 g/mol. The summed E-state index contributed by atoms with van der Waals surface area (Å²) in [6.07, 6.45) is 2.42. The topological polar surface area (TPSA) is 85.3 Å². The van der Waals surface area contributed by atoms with Crippen molar-refractivity contribution in [2.75, 3.05) is 0 Å². The highest BCUT2D eigenvalue weighted by Gasteiger charge is 2.57. The molecule has 1 aromatic rings. The Morgan fingerprint density at radius 3 is 2.39 bits per heavy atom. The second kappa shape index (κ2) is 10.4. The Hall–Kier alpha value is -1.96. The largest absolute Gasteiger partial charge is 0.439 e. The van der Waals surface area contributed by atoms with E-state index in [1.54, 1.807) is 6.92 Å². The van der Waals surface area contributed by atoms with E-state index in [1.165, 1.54) is 4.90 Å². The molecule has 36 heavy (non-hydrogen) atoms. The van der Waals surface area contributed by atoms with E-state index < -0.39 is 41.5 Å². The first-order chi connectivity index (χ1) is 17.1. The molecule has 0 aliphatic carbocycles. The maximum absolute atomic E-state index is 13.8. The van der Waals surface area contributed by atoms with Crippen LogP contribution in [0.25, 0.3) is 0 Å². The number of nitrogens with zero attached hydrogens (tertiary/aromatic N) is 1. The maximum Gasteiger partial charge on any atom is 0.417 e. The zero-order chi connectivity index (χ0) is 26.3. The molecule has 0 radical (unpaired) electrons. The van der Waals surface area contributed by atoms with Gasteiger partial charge in [0.2, 0.25) is 5.91 Å². The number of aliphatic hydroxyl groups excluding tert-OH is 1. The Balaban J connectivity index is 1.53. The molecule has 2 amide bonds. The number of hydrogen-bond acceptors (Lipinski definition) is 6. The number of hydrogen-bond donors (Lipinski definition) is 1. The minimum Gasteiger partial charge on any atom is -0.439 e. The molecule has 0 aromatic heterocycles. The number of imide groups is 1. The second-order valence-electron chi connectivity index (χ2n) is 11.1. The summed E-state index contributed by atoms with van der Waals surface area (Å²) in [6, 6.07) is 9.17. The molecule has 0 spiro atoms. The SMILES string of the molecule is CC[C@@H](C(=O)N1C(=O)O[C@@H](c2ccccc2)[C@H]1C)[C@H]1O[C@](CC)([C@H]2CC[C@](CC)([C@H](C)O)O2)C[C@@H]1C. The standard InChI is InChI=1S/C29H43NO6/c1-7-22(26(32)30-19(5)25(34-27(30)33)21-13-11-10-12-14-21)24-18(4)17-29(9-3,36-24)23-15-16-28(8-2,35-23)20(6)31/h10-14,18-20,22-25,31H,7-9,15-17H2,1-6H3/t18-,19+,20-,22+,23+,24-,25+,28+,29-/m0/s1. The third-order valence-corrected chi connectivity index (χ3v) is 9.14. The van der Waals surface area contributed by atoms with Crippen LogP contribution in [-0.4, -0.2) is 57.6 Å². The van der Waals surface area contributed by atoms with Gasteiger partial charge in [0.15, 0.2) is 0 Å². The molecule has 200 valence electrons. The van der Waals surface area contributed by atoms with Crippen molar-refractivity contribution < 1.29 is 28.9 Å². The molecule has 3 heterocycles. The highest BCUT2D eigenvalue weighted by Crippen LogP contribution is 2.50. The first-order valence-corrected chi connectivity index (χ1v) is 13.7. The summed E-state index contributed by atoms with van der Waals surface area (Å²) in [5, 5.41) is 10.4. The minimum absolute atomic E-state index is 0.129. The molecule has 0 unspecified atom stereocenters. The van der Waals surface area contributed by atoms with Crippen LogP contribution >= 0.6 is 0 Å². The molecule has 1 aromatic carbocycles. The van der Waals surface area contributed by atoms with Gasteiger partial charge >= 0.3 is 6.09 Å². The zero-order valence-electron chi connectivity index (χ0n) is 22.6. The number of amides is 2. The predicted octanol–water partition coefficient (Wildman–Crippen LogP) is 5.40. The van der Waals surface area contributed by atoms with Crippen molar-refractivity contribution in [3.05, 3.63) is 35.9 Å². The summed E-state index contributed by atoms with van der Waals surface area (Å²) < 4.78 is 19.0. The van der Waals surface area contributed by atoms with Crippen LogP contribution in [0.2, 0.25) is 0 Å². The zero-order valence-corrected chi connectivity index (χ0v) is 22.6. The number of ether oxygens (including phenoxy) is 3. The molecule has 3 aliphatic rings. The van der Waals surface area contributed by atoms with Crippen LogP contribution < -0.4 is 0 Å². The number of benzene rings is 1. The number of rotatable bonds is 8. The fourth-order valence-corrected chi connectivity index (χ4v) is 6.82. The molecule has 0 saturated carbocycles. The lowest BCUT2D eigenvalue weighted by molar-refractivity contribution is -0.189. The molecule has 3 saturated heterocycles.